The minimum Gasteiger partial charge on any atom is -0.358 e. The first-order valence-corrected chi connectivity index (χ1v) is 5.49. The van der Waals surface area contributed by atoms with Crippen molar-refractivity contribution in [3.05, 3.63) is 32.0 Å². The second kappa shape index (κ2) is 3.17. The molecule has 3 heteroatoms. The molecule has 1 heterocycles. The lowest BCUT2D eigenvalue weighted by atomic mass is 10.2. The van der Waals surface area contributed by atoms with Crippen molar-refractivity contribution in [3.8, 4) is 0 Å². The number of rotatable bonds is 0. The molecule has 0 aliphatic heterocycles. The van der Waals surface area contributed by atoms with Crippen LogP contribution in [0.5, 0.6) is 0 Å². The third-order valence-corrected chi connectivity index (χ3v) is 3.79. The van der Waals surface area contributed by atoms with E-state index in [0.29, 0.717) is 0 Å². The van der Waals surface area contributed by atoms with Crippen LogP contribution in [0, 0.1) is 17.4 Å². The van der Waals surface area contributed by atoms with Crippen LogP contribution in [-0.2, 0) is 0 Å². The lowest BCUT2D eigenvalue weighted by molar-refractivity contribution is 1.27. The van der Waals surface area contributed by atoms with Gasteiger partial charge in [-0.2, -0.15) is 0 Å². The van der Waals surface area contributed by atoms with Crippen LogP contribution in [0.3, 0.4) is 0 Å². The van der Waals surface area contributed by atoms with Crippen molar-refractivity contribution in [2.75, 3.05) is 0 Å². The van der Waals surface area contributed by atoms with Crippen LogP contribution < -0.4 is 0 Å². The van der Waals surface area contributed by atoms with Crippen LogP contribution in [-0.4, -0.2) is 4.98 Å². The minimum absolute atomic E-state index is 0.807. The fraction of sp³-hybridized carbons (Fsp3) is 0.200. The summed E-state index contributed by atoms with van der Waals surface area (Å²) in [7, 11) is 0. The molecule has 68 valence electrons. The van der Waals surface area contributed by atoms with Gasteiger partial charge in [0.25, 0.3) is 0 Å². The molecular formula is C10H9ClIN. The number of fused-ring (bicyclic) bond motifs is 1. The number of aromatic nitrogens is 1. The molecule has 0 saturated carbocycles. The molecule has 1 aromatic carbocycles. The fourth-order valence-electron chi connectivity index (χ4n) is 1.53. The van der Waals surface area contributed by atoms with Gasteiger partial charge in [-0.3, -0.25) is 0 Å². The smallest absolute Gasteiger partial charge is 0.0497 e. The number of hydrogen-bond acceptors (Lipinski definition) is 0. The molecule has 1 nitrogen and oxygen atoms in total. The highest BCUT2D eigenvalue weighted by Crippen LogP contribution is 2.28. The molecule has 13 heavy (non-hydrogen) atoms. The fourth-order valence-corrected chi connectivity index (χ4v) is 2.36. The van der Waals surface area contributed by atoms with Crippen molar-refractivity contribution in [2.45, 2.75) is 13.8 Å². The number of hydrogen-bond donors (Lipinski definition) is 1. The normalized spacial score (nSPS) is 11.1. The summed E-state index contributed by atoms with van der Waals surface area (Å²) in [5.74, 6) is 0. The van der Waals surface area contributed by atoms with Gasteiger partial charge in [0.2, 0.25) is 0 Å². The van der Waals surface area contributed by atoms with E-state index in [-0.39, 0.29) is 0 Å². The summed E-state index contributed by atoms with van der Waals surface area (Å²) < 4.78 is 1.26. The van der Waals surface area contributed by atoms with E-state index in [0.717, 1.165) is 5.02 Å². The molecule has 0 spiro atoms. The van der Waals surface area contributed by atoms with Gasteiger partial charge < -0.3 is 4.98 Å². The Morgan fingerprint density at radius 3 is 2.69 bits per heavy atom. The van der Waals surface area contributed by atoms with Gasteiger partial charge in [-0.1, -0.05) is 11.6 Å². The Morgan fingerprint density at radius 2 is 2.00 bits per heavy atom. The van der Waals surface area contributed by atoms with Crippen LogP contribution in [0.2, 0.25) is 5.02 Å². The van der Waals surface area contributed by atoms with Crippen molar-refractivity contribution in [3.63, 3.8) is 0 Å². The van der Waals surface area contributed by atoms with Crippen molar-refractivity contribution < 1.29 is 0 Å². The van der Waals surface area contributed by atoms with Crippen molar-refractivity contribution in [1.29, 1.82) is 0 Å². The lowest BCUT2D eigenvalue weighted by Crippen LogP contribution is -1.76. The number of aryl methyl sites for hydroxylation is 2. The van der Waals surface area contributed by atoms with E-state index in [4.69, 9.17) is 11.6 Å². The van der Waals surface area contributed by atoms with Crippen LogP contribution in [0.4, 0.5) is 0 Å². The van der Waals surface area contributed by atoms with Crippen LogP contribution in [0.15, 0.2) is 12.1 Å². The number of benzene rings is 1. The Bertz CT molecular complexity index is 473. The zero-order valence-corrected chi connectivity index (χ0v) is 10.3. The van der Waals surface area contributed by atoms with E-state index in [2.05, 4.69) is 41.4 Å². The van der Waals surface area contributed by atoms with E-state index in [1.54, 1.807) is 0 Å². The first kappa shape index (κ1) is 9.34. The van der Waals surface area contributed by atoms with E-state index >= 15 is 0 Å². The molecule has 0 radical (unpaired) electrons. The first-order chi connectivity index (χ1) is 6.09. The average Bonchev–Trinajstić information content (AvgIpc) is 2.32. The molecule has 0 unspecified atom stereocenters. The van der Waals surface area contributed by atoms with E-state index in [1.165, 1.54) is 25.7 Å². The monoisotopic (exact) mass is 305 g/mol. The van der Waals surface area contributed by atoms with Crippen molar-refractivity contribution in [1.82, 2.24) is 4.98 Å². The summed E-state index contributed by atoms with van der Waals surface area (Å²) in [6.45, 7) is 4.15. The Kier molecular flexibility index (Phi) is 2.28. The molecule has 0 fully saturated rings. The van der Waals surface area contributed by atoms with E-state index in [9.17, 15) is 0 Å². The third kappa shape index (κ3) is 1.46. The molecule has 0 amide bonds. The highest BCUT2D eigenvalue weighted by atomic mass is 127. The number of nitrogens with one attached hydrogen (secondary N) is 1. The summed E-state index contributed by atoms with van der Waals surface area (Å²) in [4.78, 5) is 3.36. The number of aromatic amines is 1. The summed E-state index contributed by atoms with van der Waals surface area (Å²) in [5.41, 5.74) is 3.61. The van der Waals surface area contributed by atoms with Gasteiger partial charge in [0, 0.05) is 25.2 Å². The average molecular weight is 306 g/mol. The minimum atomic E-state index is 0.807. The standard InChI is InChI=1S/C10H9ClIN/c1-5-3-7(11)4-8-9(12)6(2)13-10(5)8/h3-4,13H,1-2H3. The maximum atomic E-state index is 5.99. The number of halogens is 2. The molecule has 0 aliphatic rings. The molecule has 0 aliphatic carbocycles. The van der Waals surface area contributed by atoms with E-state index in [1.807, 2.05) is 12.1 Å². The predicted molar refractivity (Wildman–Crippen MR) is 65.5 cm³/mol. The molecular weight excluding hydrogens is 296 g/mol. The maximum Gasteiger partial charge on any atom is 0.0497 e. The second-order valence-corrected chi connectivity index (χ2v) is 4.72. The molecule has 0 bridgehead atoms. The van der Waals surface area contributed by atoms with Crippen molar-refractivity contribution in [2.24, 2.45) is 0 Å². The summed E-state index contributed by atoms with van der Waals surface area (Å²) in [5, 5.41) is 2.03. The Morgan fingerprint density at radius 1 is 1.31 bits per heavy atom. The zero-order chi connectivity index (χ0) is 9.59. The highest BCUT2D eigenvalue weighted by Gasteiger charge is 2.07. The van der Waals surface area contributed by atoms with Crippen LogP contribution in [0.1, 0.15) is 11.3 Å². The Balaban J connectivity index is 2.94. The largest absolute Gasteiger partial charge is 0.358 e. The van der Waals surface area contributed by atoms with Gasteiger partial charge in [0.1, 0.15) is 0 Å². The molecule has 1 N–H and O–H groups in total. The SMILES string of the molecule is Cc1[nH]c2c(C)cc(Cl)cc2c1I. The van der Waals surface area contributed by atoms with Gasteiger partial charge in [-0.15, -0.1) is 0 Å². The Labute approximate surface area is 95.6 Å². The lowest BCUT2D eigenvalue weighted by Gasteiger charge is -1.97. The number of H-pyrrole nitrogens is 1. The van der Waals surface area contributed by atoms with Gasteiger partial charge in [0.05, 0.1) is 0 Å². The van der Waals surface area contributed by atoms with Crippen LogP contribution >= 0.6 is 34.2 Å². The van der Waals surface area contributed by atoms with Gasteiger partial charge in [0.15, 0.2) is 0 Å². The summed E-state index contributed by atoms with van der Waals surface area (Å²) in [6.07, 6.45) is 0. The molecule has 2 aromatic rings. The third-order valence-electron chi connectivity index (χ3n) is 2.18. The molecule has 0 atom stereocenters. The quantitative estimate of drug-likeness (QED) is 0.707. The molecule has 0 saturated heterocycles. The summed E-state index contributed by atoms with van der Waals surface area (Å²) >= 11 is 8.33. The van der Waals surface area contributed by atoms with Crippen LogP contribution in [0.25, 0.3) is 10.9 Å². The topological polar surface area (TPSA) is 15.8 Å². The Hall–Kier alpha value is -0.220. The van der Waals surface area contributed by atoms with Crippen molar-refractivity contribution >= 4 is 45.1 Å². The molecule has 2 rings (SSSR count). The van der Waals surface area contributed by atoms with Gasteiger partial charge in [-0.25, -0.2) is 0 Å². The summed E-state index contributed by atoms with van der Waals surface area (Å²) in [6, 6.07) is 3.99. The highest BCUT2D eigenvalue weighted by molar-refractivity contribution is 14.1. The molecule has 1 aromatic heterocycles. The second-order valence-electron chi connectivity index (χ2n) is 3.21. The maximum absolute atomic E-state index is 5.99. The van der Waals surface area contributed by atoms with Gasteiger partial charge in [-0.05, 0) is 54.1 Å². The first-order valence-electron chi connectivity index (χ1n) is 4.03. The van der Waals surface area contributed by atoms with E-state index < -0.39 is 0 Å². The zero-order valence-electron chi connectivity index (χ0n) is 7.41. The van der Waals surface area contributed by atoms with Gasteiger partial charge >= 0.3 is 0 Å². The predicted octanol–water partition coefficient (Wildman–Crippen LogP) is 4.04.